The van der Waals surface area contributed by atoms with Gasteiger partial charge in [0.25, 0.3) is 0 Å². The van der Waals surface area contributed by atoms with E-state index < -0.39 is 11.9 Å². The third-order valence-corrected chi connectivity index (χ3v) is 4.67. The fraction of sp³-hybridized carbons (Fsp3) is 0.125. The van der Waals surface area contributed by atoms with E-state index in [9.17, 15) is 14.4 Å². The molecule has 0 radical (unpaired) electrons. The van der Waals surface area contributed by atoms with Crippen LogP contribution in [0.3, 0.4) is 0 Å². The van der Waals surface area contributed by atoms with Crippen molar-refractivity contribution in [3.05, 3.63) is 101 Å². The number of ketones is 1. The molecule has 0 aromatic heterocycles. The molecule has 3 aromatic rings. The molecule has 0 fully saturated rings. The first kappa shape index (κ1) is 20.0. The van der Waals surface area contributed by atoms with Crippen molar-refractivity contribution in [2.75, 3.05) is 12.4 Å². The van der Waals surface area contributed by atoms with Gasteiger partial charge in [0.15, 0.2) is 5.78 Å². The standard InChI is InChI=1S/C24H21NO4/c1-16(23(27)25-21-14-7-6-13-20(21)24(28)29-2)18-11-8-12-19(15-18)22(26)17-9-4-3-5-10-17/h3-16H,1-2H3,(H,25,27)/t16-/m0/s1. The molecule has 5 nitrogen and oxygen atoms in total. The summed E-state index contributed by atoms with van der Waals surface area (Å²) in [5.41, 5.74) is 2.48. The lowest BCUT2D eigenvalue weighted by atomic mass is 9.95. The minimum absolute atomic E-state index is 0.101. The topological polar surface area (TPSA) is 72.5 Å². The van der Waals surface area contributed by atoms with E-state index in [0.29, 0.717) is 22.4 Å². The molecule has 1 amide bonds. The van der Waals surface area contributed by atoms with Crippen molar-refractivity contribution < 1.29 is 19.1 Å². The van der Waals surface area contributed by atoms with Gasteiger partial charge in [-0.3, -0.25) is 9.59 Å². The Labute approximate surface area is 169 Å². The Morgan fingerprint density at radius 2 is 1.48 bits per heavy atom. The van der Waals surface area contributed by atoms with E-state index in [1.165, 1.54) is 7.11 Å². The number of methoxy groups -OCH3 is 1. The van der Waals surface area contributed by atoms with Gasteiger partial charge in [0.2, 0.25) is 5.91 Å². The third-order valence-electron chi connectivity index (χ3n) is 4.67. The maximum atomic E-state index is 12.8. The van der Waals surface area contributed by atoms with Gasteiger partial charge >= 0.3 is 5.97 Å². The Balaban J connectivity index is 1.81. The van der Waals surface area contributed by atoms with Crippen LogP contribution in [0.5, 0.6) is 0 Å². The lowest BCUT2D eigenvalue weighted by Gasteiger charge is -2.15. The summed E-state index contributed by atoms with van der Waals surface area (Å²) in [6, 6.07) is 22.7. The second kappa shape index (κ2) is 8.97. The van der Waals surface area contributed by atoms with Crippen LogP contribution in [0.15, 0.2) is 78.9 Å². The number of esters is 1. The highest BCUT2D eigenvalue weighted by molar-refractivity contribution is 6.09. The zero-order valence-electron chi connectivity index (χ0n) is 16.2. The molecule has 1 atom stereocenters. The van der Waals surface area contributed by atoms with Gasteiger partial charge in [-0.1, -0.05) is 60.7 Å². The maximum Gasteiger partial charge on any atom is 0.339 e. The number of para-hydroxylation sites is 1. The molecule has 0 heterocycles. The molecule has 0 saturated heterocycles. The van der Waals surface area contributed by atoms with Gasteiger partial charge < -0.3 is 10.1 Å². The SMILES string of the molecule is COC(=O)c1ccccc1NC(=O)[C@@H](C)c1cccc(C(=O)c2ccccc2)c1. The zero-order chi connectivity index (χ0) is 20.8. The summed E-state index contributed by atoms with van der Waals surface area (Å²) in [5.74, 6) is -1.44. The number of carbonyl (C=O) groups is 3. The van der Waals surface area contributed by atoms with Crippen molar-refractivity contribution >= 4 is 23.3 Å². The molecule has 0 saturated carbocycles. The Hall–Kier alpha value is -3.73. The van der Waals surface area contributed by atoms with Crippen molar-refractivity contribution in [2.45, 2.75) is 12.8 Å². The predicted molar refractivity (Wildman–Crippen MR) is 111 cm³/mol. The van der Waals surface area contributed by atoms with E-state index in [2.05, 4.69) is 5.32 Å². The monoisotopic (exact) mass is 387 g/mol. The van der Waals surface area contributed by atoms with Crippen molar-refractivity contribution in [3.63, 3.8) is 0 Å². The van der Waals surface area contributed by atoms with Crippen molar-refractivity contribution in [1.29, 1.82) is 0 Å². The van der Waals surface area contributed by atoms with Crippen molar-refractivity contribution in [2.24, 2.45) is 0 Å². The Morgan fingerprint density at radius 1 is 0.828 bits per heavy atom. The van der Waals surface area contributed by atoms with Crippen LogP contribution in [0.2, 0.25) is 0 Å². The number of benzene rings is 3. The molecule has 0 aliphatic rings. The van der Waals surface area contributed by atoms with Crippen LogP contribution in [0.1, 0.15) is 44.7 Å². The summed E-state index contributed by atoms with van der Waals surface area (Å²) in [5, 5.41) is 2.78. The fourth-order valence-corrected chi connectivity index (χ4v) is 2.98. The number of hydrogen-bond acceptors (Lipinski definition) is 4. The number of ether oxygens (including phenoxy) is 1. The quantitative estimate of drug-likeness (QED) is 0.501. The van der Waals surface area contributed by atoms with Crippen LogP contribution in [-0.2, 0) is 9.53 Å². The van der Waals surface area contributed by atoms with Crippen LogP contribution in [0, 0.1) is 0 Å². The number of rotatable bonds is 6. The Bertz CT molecular complexity index is 1040. The number of amides is 1. The van der Waals surface area contributed by atoms with Gasteiger partial charge in [0.1, 0.15) is 0 Å². The van der Waals surface area contributed by atoms with E-state index in [1.807, 2.05) is 18.2 Å². The van der Waals surface area contributed by atoms with Crippen LogP contribution in [-0.4, -0.2) is 24.8 Å². The maximum absolute atomic E-state index is 12.8. The second-order valence-electron chi connectivity index (χ2n) is 6.57. The minimum Gasteiger partial charge on any atom is -0.465 e. The number of hydrogen-bond donors (Lipinski definition) is 1. The molecule has 5 heteroatoms. The van der Waals surface area contributed by atoms with Gasteiger partial charge in [-0.15, -0.1) is 0 Å². The third kappa shape index (κ3) is 4.58. The average Bonchev–Trinajstić information content (AvgIpc) is 2.78. The van der Waals surface area contributed by atoms with Crippen molar-refractivity contribution in [1.82, 2.24) is 0 Å². The highest BCUT2D eigenvalue weighted by atomic mass is 16.5. The molecule has 3 rings (SSSR count). The van der Waals surface area contributed by atoms with E-state index in [4.69, 9.17) is 4.74 Å². The van der Waals surface area contributed by atoms with Crippen LogP contribution in [0.4, 0.5) is 5.69 Å². The van der Waals surface area contributed by atoms with Gasteiger partial charge in [-0.2, -0.15) is 0 Å². The van der Waals surface area contributed by atoms with Crippen LogP contribution >= 0.6 is 0 Å². The molecule has 0 aliphatic carbocycles. The van der Waals surface area contributed by atoms with Gasteiger partial charge in [-0.25, -0.2) is 4.79 Å². The smallest absolute Gasteiger partial charge is 0.339 e. The van der Waals surface area contributed by atoms with E-state index in [0.717, 1.165) is 0 Å². The normalized spacial score (nSPS) is 11.4. The minimum atomic E-state index is -0.524. The van der Waals surface area contributed by atoms with E-state index >= 15 is 0 Å². The molecule has 3 aromatic carbocycles. The number of anilines is 1. The van der Waals surface area contributed by atoms with Gasteiger partial charge in [0, 0.05) is 11.1 Å². The highest BCUT2D eigenvalue weighted by Crippen LogP contribution is 2.22. The first-order valence-electron chi connectivity index (χ1n) is 9.19. The predicted octanol–water partition coefficient (Wildman–Crippen LogP) is 4.45. The summed E-state index contributed by atoms with van der Waals surface area (Å²) in [4.78, 5) is 37.4. The number of nitrogens with one attached hydrogen (secondary N) is 1. The first-order valence-corrected chi connectivity index (χ1v) is 9.19. The van der Waals surface area contributed by atoms with E-state index in [1.54, 1.807) is 67.6 Å². The molecule has 0 spiro atoms. The molecule has 0 aliphatic heterocycles. The van der Waals surface area contributed by atoms with Gasteiger partial charge in [0.05, 0.1) is 24.3 Å². The Kier molecular flexibility index (Phi) is 6.19. The average molecular weight is 387 g/mol. The molecule has 1 N–H and O–H groups in total. The van der Waals surface area contributed by atoms with E-state index in [-0.39, 0.29) is 17.3 Å². The lowest BCUT2D eigenvalue weighted by Crippen LogP contribution is -2.21. The number of carbonyl (C=O) groups excluding carboxylic acids is 3. The lowest BCUT2D eigenvalue weighted by molar-refractivity contribution is -0.117. The molecular formula is C24H21NO4. The second-order valence-corrected chi connectivity index (χ2v) is 6.57. The molecule has 146 valence electrons. The van der Waals surface area contributed by atoms with Crippen LogP contribution < -0.4 is 5.32 Å². The van der Waals surface area contributed by atoms with Crippen LogP contribution in [0.25, 0.3) is 0 Å². The molecule has 29 heavy (non-hydrogen) atoms. The largest absolute Gasteiger partial charge is 0.465 e. The summed E-state index contributed by atoms with van der Waals surface area (Å²) in [6.07, 6.45) is 0. The molecule has 0 bridgehead atoms. The molecular weight excluding hydrogens is 366 g/mol. The summed E-state index contributed by atoms with van der Waals surface area (Å²) >= 11 is 0. The van der Waals surface area contributed by atoms with Crippen molar-refractivity contribution in [3.8, 4) is 0 Å². The first-order chi connectivity index (χ1) is 14.0. The zero-order valence-corrected chi connectivity index (χ0v) is 16.2. The Morgan fingerprint density at radius 3 is 2.21 bits per heavy atom. The molecule has 0 unspecified atom stereocenters. The van der Waals surface area contributed by atoms with Gasteiger partial charge in [-0.05, 0) is 30.7 Å². The summed E-state index contributed by atoms with van der Waals surface area (Å²) < 4.78 is 4.76. The highest BCUT2D eigenvalue weighted by Gasteiger charge is 2.20. The fourth-order valence-electron chi connectivity index (χ4n) is 2.98. The summed E-state index contributed by atoms with van der Waals surface area (Å²) in [6.45, 7) is 1.75. The summed E-state index contributed by atoms with van der Waals surface area (Å²) in [7, 11) is 1.29.